The van der Waals surface area contributed by atoms with E-state index in [9.17, 15) is 13.2 Å². The molecule has 0 saturated heterocycles. The molecule has 0 aliphatic heterocycles. The van der Waals surface area contributed by atoms with Crippen LogP contribution in [0.25, 0.3) is 11.0 Å². The minimum absolute atomic E-state index is 0.0151. The summed E-state index contributed by atoms with van der Waals surface area (Å²) in [6, 6.07) is 14.7. The molecule has 2 aromatic carbocycles. The molecule has 0 fully saturated rings. The van der Waals surface area contributed by atoms with Gasteiger partial charge < -0.3 is 9.15 Å². The molecule has 1 heterocycles. The van der Waals surface area contributed by atoms with E-state index >= 15 is 0 Å². The highest BCUT2D eigenvalue weighted by molar-refractivity contribution is 7.90. The van der Waals surface area contributed by atoms with Crippen LogP contribution in [0, 0.1) is 6.92 Å². The van der Waals surface area contributed by atoms with Gasteiger partial charge in [-0.1, -0.05) is 35.9 Å². The van der Waals surface area contributed by atoms with Gasteiger partial charge in [0, 0.05) is 5.39 Å². The number of carbonyl (C=O) groups excluding carboxylic acids is 1. The summed E-state index contributed by atoms with van der Waals surface area (Å²) >= 11 is 0. The molecule has 0 aliphatic rings. The quantitative estimate of drug-likeness (QED) is 0.657. The highest BCUT2D eigenvalue weighted by atomic mass is 32.2. The number of nitrogens with zero attached hydrogens (tertiary/aromatic N) is 1. The van der Waals surface area contributed by atoms with Crippen LogP contribution in [-0.4, -0.2) is 21.0 Å². The SMILES string of the molecule is CCOC(=O)c1cc2ccccc2o/c1=N\S(=O)(=O)c1ccc(C)cc1. The summed E-state index contributed by atoms with van der Waals surface area (Å²) in [7, 11) is -4.05. The number of aryl methyl sites for hydroxylation is 1. The lowest BCUT2D eigenvalue weighted by Gasteiger charge is -2.05. The largest absolute Gasteiger partial charge is 0.462 e. The van der Waals surface area contributed by atoms with Gasteiger partial charge in [-0.15, -0.1) is 4.40 Å². The number of benzene rings is 2. The molecule has 134 valence electrons. The Bertz CT molecular complexity index is 1130. The lowest BCUT2D eigenvalue weighted by molar-refractivity contribution is 0.0521. The molecule has 0 N–H and O–H groups in total. The second-order valence-corrected chi connectivity index (χ2v) is 7.21. The second kappa shape index (κ2) is 7.13. The van der Waals surface area contributed by atoms with Crippen molar-refractivity contribution in [3.05, 3.63) is 71.3 Å². The van der Waals surface area contributed by atoms with E-state index in [1.54, 1.807) is 43.3 Å². The monoisotopic (exact) mass is 371 g/mol. The van der Waals surface area contributed by atoms with Crippen LogP contribution in [0.5, 0.6) is 0 Å². The number of carbonyl (C=O) groups is 1. The molecule has 1 aromatic heterocycles. The summed E-state index contributed by atoms with van der Waals surface area (Å²) in [6.07, 6.45) is 0. The van der Waals surface area contributed by atoms with Gasteiger partial charge in [0.2, 0.25) is 5.55 Å². The van der Waals surface area contributed by atoms with Crippen molar-refractivity contribution < 1.29 is 22.4 Å². The summed E-state index contributed by atoms with van der Waals surface area (Å²) in [5.74, 6) is -0.695. The fourth-order valence-corrected chi connectivity index (χ4v) is 3.30. The summed E-state index contributed by atoms with van der Waals surface area (Å²) in [5, 5.41) is 0.641. The third-order valence-corrected chi connectivity index (χ3v) is 4.95. The Labute approximate surface area is 150 Å². The average Bonchev–Trinajstić information content (AvgIpc) is 2.61. The van der Waals surface area contributed by atoms with Crippen molar-refractivity contribution >= 4 is 27.0 Å². The van der Waals surface area contributed by atoms with Gasteiger partial charge in [-0.25, -0.2) is 4.79 Å². The third kappa shape index (κ3) is 3.67. The first kappa shape index (κ1) is 17.9. The van der Waals surface area contributed by atoms with E-state index in [4.69, 9.17) is 9.15 Å². The van der Waals surface area contributed by atoms with Gasteiger partial charge in [-0.2, -0.15) is 8.42 Å². The number of sulfonamides is 1. The van der Waals surface area contributed by atoms with Crippen LogP contribution in [-0.2, 0) is 14.8 Å². The number of hydrogen-bond donors (Lipinski definition) is 0. The molecule has 26 heavy (non-hydrogen) atoms. The van der Waals surface area contributed by atoms with Crippen molar-refractivity contribution in [1.82, 2.24) is 0 Å². The minimum atomic E-state index is -4.05. The molecule has 0 bridgehead atoms. The van der Waals surface area contributed by atoms with E-state index in [1.165, 1.54) is 18.2 Å². The smallest absolute Gasteiger partial charge is 0.343 e. The Kier molecular flexibility index (Phi) is 4.90. The molecule has 0 spiro atoms. The zero-order valence-electron chi connectivity index (χ0n) is 14.3. The van der Waals surface area contributed by atoms with Gasteiger partial charge in [-0.3, -0.25) is 0 Å². The van der Waals surface area contributed by atoms with Crippen molar-refractivity contribution in [2.24, 2.45) is 4.40 Å². The highest BCUT2D eigenvalue weighted by Gasteiger charge is 2.18. The van der Waals surface area contributed by atoms with E-state index in [1.807, 2.05) is 6.92 Å². The Morgan fingerprint density at radius 1 is 1.12 bits per heavy atom. The van der Waals surface area contributed by atoms with E-state index in [0.717, 1.165) is 5.56 Å². The Morgan fingerprint density at radius 3 is 2.50 bits per heavy atom. The van der Waals surface area contributed by atoms with E-state index < -0.39 is 16.0 Å². The molecule has 0 atom stereocenters. The lowest BCUT2D eigenvalue weighted by atomic mass is 10.2. The van der Waals surface area contributed by atoms with Crippen molar-refractivity contribution in [1.29, 1.82) is 0 Å². The van der Waals surface area contributed by atoms with E-state index in [-0.39, 0.29) is 22.6 Å². The molecular weight excluding hydrogens is 354 g/mol. The summed E-state index contributed by atoms with van der Waals surface area (Å²) in [6.45, 7) is 3.66. The summed E-state index contributed by atoms with van der Waals surface area (Å²) in [5.41, 5.74) is 0.994. The number of esters is 1. The Balaban J connectivity index is 2.24. The number of rotatable bonds is 4. The number of fused-ring (bicyclic) bond motifs is 1. The molecular formula is C19H17NO5S. The average molecular weight is 371 g/mol. The predicted molar refractivity (Wildman–Crippen MR) is 96.1 cm³/mol. The number of ether oxygens (including phenoxy) is 1. The van der Waals surface area contributed by atoms with Crippen LogP contribution in [0.15, 0.2) is 68.3 Å². The normalized spacial score (nSPS) is 12.3. The summed E-state index contributed by atoms with van der Waals surface area (Å²) < 4.78 is 39.5. The maximum absolute atomic E-state index is 12.6. The molecule has 3 aromatic rings. The van der Waals surface area contributed by atoms with Crippen LogP contribution in [0.4, 0.5) is 0 Å². The van der Waals surface area contributed by atoms with Gasteiger partial charge in [0.25, 0.3) is 10.0 Å². The minimum Gasteiger partial charge on any atom is -0.462 e. The molecule has 6 nitrogen and oxygen atoms in total. The van der Waals surface area contributed by atoms with Crippen molar-refractivity contribution in [2.75, 3.05) is 6.61 Å². The van der Waals surface area contributed by atoms with Crippen LogP contribution < -0.4 is 5.55 Å². The maximum atomic E-state index is 12.6. The molecule has 0 aliphatic carbocycles. The highest BCUT2D eigenvalue weighted by Crippen LogP contribution is 2.16. The standard InChI is InChI=1S/C19H17NO5S/c1-3-24-19(21)16-12-14-6-4-5-7-17(14)25-18(16)20-26(22,23)15-10-8-13(2)9-11-15/h4-12H,3H2,1-2H3/b20-18-. The van der Waals surface area contributed by atoms with Gasteiger partial charge in [0.1, 0.15) is 11.1 Å². The Hall–Kier alpha value is -2.93. The predicted octanol–water partition coefficient (Wildman–Crippen LogP) is 3.21. The number of para-hydroxylation sites is 1. The molecule has 0 amide bonds. The Morgan fingerprint density at radius 2 is 1.81 bits per heavy atom. The zero-order valence-corrected chi connectivity index (χ0v) is 15.1. The van der Waals surface area contributed by atoms with E-state index in [2.05, 4.69) is 4.40 Å². The first-order valence-corrected chi connectivity index (χ1v) is 9.42. The van der Waals surface area contributed by atoms with Gasteiger partial charge in [0.05, 0.1) is 11.5 Å². The lowest BCUT2D eigenvalue weighted by Crippen LogP contribution is -2.19. The van der Waals surface area contributed by atoms with Gasteiger partial charge in [-0.05, 0) is 38.1 Å². The molecule has 0 radical (unpaired) electrons. The fraction of sp³-hybridized carbons (Fsp3) is 0.158. The van der Waals surface area contributed by atoms with Crippen LogP contribution in [0.1, 0.15) is 22.8 Å². The zero-order chi connectivity index (χ0) is 18.7. The molecule has 0 unspecified atom stereocenters. The van der Waals surface area contributed by atoms with Crippen LogP contribution in [0.3, 0.4) is 0 Å². The number of hydrogen-bond acceptors (Lipinski definition) is 5. The van der Waals surface area contributed by atoms with Crippen LogP contribution >= 0.6 is 0 Å². The van der Waals surface area contributed by atoms with Crippen molar-refractivity contribution in [2.45, 2.75) is 18.7 Å². The van der Waals surface area contributed by atoms with Gasteiger partial charge in [0.15, 0.2) is 0 Å². The maximum Gasteiger partial charge on any atom is 0.343 e. The van der Waals surface area contributed by atoms with E-state index in [0.29, 0.717) is 11.0 Å². The second-order valence-electron chi connectivity index (χ2n) is 5.60. The summed E-state index contributed by atoms with van der Waals surface area (Å²) in [4.78, 5) is 12.3. The first-order valence-electron chi connectivity index (χ1n) is 7.98. The molecule has 0 saturated carbocycles. The topological polar surface area (TPSA) is 85.9 Å². The molecule has 3 rings (SSSR count). The van der Waals surface area contributed by atoms with Crippen LogP contribution in [0.2, 0.25) is 0 Å². The molecule has 7 heteroatoms. The fourth-order valence-electron chi connectivity index (χ4n) is 2.36. The first-order chi connectivity index (χ1) is 12.4. The van der Waals surface area contributed by atoms with Crippen molar-refractivity contribution in [3.63, 3.8) is 0 Å². The van der Waals surface area contributed by atoms with Gasteiger partial charge >= 0.3 is 5.97 Å². The van der Waals surface area contributed by atoms with Crippen molar-refractivity contribution in [3.8, 4) is 0 Å². The third-order valence-electron chi connectivity index (χ3n) is 3.67.